The van der Waals surface area contributed by atoms with Crippen LogP contribution in [0, 0.1) is 11.8 Å². The van der Waals surface area contributed by atoms with Gasteiger partial charge >= 0.3 is 0 Å². The van der Waals surface area contributed by atoms with Gasteiger partial charge in [0.15, 0.2) is 0 Å². The Labute approximate surface area is 231 Å². The van der Waals surface area contributed by atoms with E-state index in [2.05, 4.69) is 48.8 Å². The summed E-state index contributed by atoms with van der Waals surface area (Å²) < 4.78 is 0. The summed E-state index contributed by atoms with van der Waals surface area (Å²) in [6, 6.07) is 5.52. The number of aliphatic imine (C=N–C) groups is 1. The highest BCUT2D eigenvalue weighted by Crippen LogP contribution is 2.22. The highest BCUT2D eigenvalue weighted by Gasteiger charge is 2.20. The minimum absolute atomic E-state index is 0.193. The van der Waals surface area contributed by atoms with E-state index in [1.54, 1.807) is 26.2 Å². The van der Waals surface area contributed by atoms with Crippen LogP contribution in [0.5, 0.6) is 0 Å². The zero-order valence-electron chi connectivity index (χ0n) is 23.4. The lowest BCUT2D eigenvalue weighted by Gasteiger charge is -2.23. The Morgan fingerprint density at radius 2 is 2.05 bits per heavy atom. The molecule has 1 aromatic heterocycles. The van der Waals surface area contributed by atoms with Crippen molar-refractivity contribution in [1.82, 2.24) is 25.1 Å². The second-order valence-electron chi connectivity index (χ2n) is 9.48. The number of rotatable bonds is 12. The number of anilines is 3. The van der Waals surface area contributed by atoms with Gasteiger partial charge in [-0.25, -0.2) is 4.98 Å². The average molecular weight is 531 g/mol. The lowest BCUT2D eigenvalue weighted by atomic mass is 10.1. The molecule has 1 aliphatic rings. The molecular weight excluding hydrogens is 492 g/mol. The van der Waals surface area contributed by atoms with Crippen molar-refractivity contribution in [3.05, 3.63) is 53.2 Å². The first-order valence-corrected chi connectivity index (χ1v) is 13.1. The summed E-state index contributed by atoms with van der Waals surface area (Å²) in [6.45, 7) is 6.28. The smallest absolute Gasteiger partial charge is 0.246 e. The van der Waals surface area contributed by atoms with Gasteiger partial charge < -0.3 is 25.8 Å². The Morgan fingerprint density at radius 1 is 1.23 bits per heavy atom. The first-order valence-electron chi connectivity index (χ1n) is 13.1. The van der Waals surface area contributed by atoms with Crippen LogP contribution in [-0.4, -0.2) is 84.6 Å². The summed E-state index contributed by atoms with van der Waals surface area (Å²) in [4.78, 5) is 41.4. The standard InChI is InChI=1S/C29H38N8O2/c1-6-31-27-23(20-33-29(35-27)34-25-14-13-22-18-30-19-24(22)17-25)11-8-7-9-15-32-28(39)21(2)37(5)26(38)12-10-16-36(3)4/h10,12-14,17,19-21H,6-7,9,15-16,18H2,1-5H3,(H,32,39)(H2,31,33,34,35)/b12-10+/t21-/m0/s1. The number of nitrogens with one attached hydrogen (secondary N) is 3. The van der Waals surface area contributed by atoms with E-state index in [1.165, 1.54) is 16.5 Å². The maximum atomic E-state index is 12.4. The lowest BCUT2D eigenvalue weighted by Crippen LogP contribution is -2.45. The summed E-state index contributed by atoms with van der Waals surface area (Å²) in [5.41, 5.74) is 3.92. The number of aromatic nitrogens is 2. The molecule has 0 aliphatic carbocycles. The Morgan fingerprint density at radius 3 is 2.82 bits per heavy atom. The predicted molar refractivity (Wildman–Crippen MR) is 156 cm³/mol. The molecule has 1 aromatic carbocycles. The van der Waals surface area contributed by atoms with E-state index >= 15 is 0 Å². The van der Waals surface area contributed by atoms with Crippen molar-refractivity contribution in [2.75, 3.05) is 51.4 Å². The number of carbonyl (C=O) groups is 2. The first kappa shape index (κ1) is 29.3. The van der Waals surface area contributed by atoms with Crippen LogP contribution < -0.4 is 16.0 Å². The molecule has 0 unspecified atom stereocenters. The topological polar surface area (TPSA) is 115 Å². The van der Waals surface area contributed by atoms with E-state index in [9.17, 15) is 9.59 Å². The fraction of sp³-hybridized carbons (Fsp3) is 0.414. The highest BCUT2D eigenvalue weighted by atomic mass is 16.2. The summed E-state index contributed by atoms with van der Waals surface area (Å²) in [7, 11) is 5.48. The van der Waals surface area contributed by atoms with E-state index in [0.29, 0.717) is 49.8 Å². The van der Waals surface area contributed by atoms with Crippen LogP contribution in [0.15, 0.2) is 41.5 Å². The van der Waals surface area contributed by atoms with E-state index in [4.69, 9.17) is 0 Å². The van der Waals surface area contributed by atoms with Gasteiger partial charge in [-0.05, 0) is 57.6 Å². The molecule has 0 bridgehead atoms. The molecule has 1 aliphatic heterocycles. The number of hydrogen-bond acceptors (Lipinski definition) is 8. The van der Waals surface area contributed by atoms with Gasteiger partial charge in [0.1, 0.15) is 11.9 Å². The summed E-state index contributed by atoms with van der Waals surface area (Å²) >= 11 is 0. The van der Waals surface area contributed by atoms with Crippen molar-refractivity contribution < 1.29 is 9.59 Å². The van der Waals surface area contributed by atoms with Crippen molar-refractivity contribution >= 4 is 35.5 Å². The van der Waals surface area contributed by atoms with Crippen molar-refractivity contribution in [2.45, 2.75) is 39.3 Å². The largest absolute Gasteiger partial charge is 0.369 e. The molecular formula is C29H38N8O2. The lowest BCUT2D eigenvalue weighted by molar-refractivity contribution is -0.135. The van der Waals surface area contributed by atoms with Gasteiger partial charge in [-0.3, -0.25) is 14.6 Å². The number of nitrogens with zero attached hydrogens (tertiary/aromatic N) is 5. The Kier molecular flexibility index (Phi) is 11.0. The second-order valence-corrected chi connectivity index (χ2v) is 9.48. The molecule has 3 N–H and O–H groups in total. The molecule has 1 atom stereocenters. The van der Waals surface area contributed by atoms with Crippen LogP contribution >= 0.6 is 0 Å². The number of amides is 2. The number of benzene rings is 1. The van der Waals surface area contributed by atoms with E-state index in [1.807, 2.05) is 44.3 Å². The normalized spacial score (nSPS) is 12.6. The maximum Gasteiger partial charge on any atom is 0.246 e. The SMILES string of the molecule is CCNc1nc(Nc2ccc3c(c2)C=NC3)ncc1C#CCCCNC(=O)[C@H](C)N(C)C(=O)/C=C/CN(C)C. The van der Waals surface area contributed by atoms with E-state index < -0.39 is 6.04 Å². The van der Waals surface area contributed by atoms with Crippen molar-refractivity contribution in [3.8, 4) is 11.8 Å². The molecule has 2 heterocycles. The van der Waals surface area contributed by atoms with Crippen LogP contribution in [0.1, 0.15) is 43.4 Å². The molecule has 0 saturated carbocycles. The molecule has 0 radical (unpaired) electrons. The monoisotopic (exact) mass is 530 g/mol. The molecule has 2 aromatic rings. The van der Waals surface area contributed by atoms with Crippen LogP contribution in [0.2, 0.25) is 0 Å². The van der Waals surface area contributed by atoms with Gasteiger partial charge in [-0.15, -0.1) is 0 Å². The number of hydrogen-bond donors (Lipinski definition) is 3. The molecule has 10 nitrogen and oxygen atoms in total. The first-order chi connectivity index (χ1) is 18.8. The summed E-state index contributed by atoms with van der Waals surface area (Å²) in [5.74, 6) is 7.03. The number of unbranched alkanes of at least 4 members (excludes halogenated alkanes) is 1. The Bertz CT molecular complexity index is 1280. The Hall–Kier alpha value is -4.23. The van der Waals surface area contributed by atoms with Crippen LogP contribution in [0.3, 0.4) is 0 Å². The van der Waals surface area contributed by atoms with Gasteiger partial charge in [-0.2, -0.15) is 4.98 Å². The van der Waals surface area contributed by atoms with Gasteiger partial charge in [0.05, 0.1) is 18.3 Å². The predicted octanol–water partition coefficient (Wildman–Crippen LogP) is 2.80. The zero-order chi connectivity index (χ0) is 28.2. The van der Waals surface area contributed by atoms with Gasteiger partial charge in [0.25, 0.3) is 0 Å². The minimum Gasteiger partial charge on any atom is -0.369 e. The highest BCUT2D eigenvalue weighted by molar-refractivity contribution is 5.92. The van der Waals surface area contributed by atoms with Crippen LogP contribution in [-0.2, 0) is 16.1 Å². The molecule has 39 heavy (non-hydrogen) atoms. The molecule has 0 spiro atoms. The minimum atomic E-state index is -0.565. The van der Waals surface area contributed by atoms with Crippen LogP contribution in [0.25, 0.3) is 0 Å². The number of likely N-dealkylation sites (N-methyl/N-ethyl adjacent to an activating group) is 2. The van der Waals surface area contributed by atoms with E-state index in [-0.39, 0.29) is 11.8 Å². The van der Waals surface area contributed by atoms with Crippen molar-refractivity contribution in [1.29, 1.82) is 0 Å². The third-order valence-corrected chi connectivity index (χ3v) is 6.07. The van der Waals surface area contributed by atoms with Gasteiger partial charge in [0, 0.05) is 51.1 Å². The molecule has 0 fully saturated rings. The van der Waals surface area contributed by atoms with Crippen molar-refractivity contribution in [3.63, 3.8) is 0 Å². The van der Waals surface area contributed by atoms with Crippen molar-refractivity contribution in [2.24, 2.45) is 4.99 Å². The molecule has 0 saturated heterocycles. The second kappa shape index (κ2) is 14.6. The van der Waals surface area contributed by atoms with Crippen LogP contribution in [0.4, 0.5) is 17.5 Å². The summed E-state index contributed by atoms with van der Waals surface area (Å²) in [6.07, 6.45) is 8.14. The third-order valence-electron chi connectivity index (χ3n) is 6.07. The fourth-order valence-electron chi connectivity index (χ4n) is 3.69. The number of fused-ring (bicyclic) bond motifs is 1. The maximum absolute atomic E-state index is 12.4. The van der Waals surface area contributed by atoms with Gasteiger partial charge in [0.2, 0.25) is 17.8 Å². The fourth-order valence-corrected chi connectivity index (χ4v) is 3.69. The van der Waals surface area contributed by atoms with Gasteiger partial charge in [-0.1, -0.05) is 24.0 Å². The number of carbonyl (C=O) groups excluding carboxylic acids is 2. The third kappa shape index (κ3) is 8.93. The van der Waals surface area contributed by atoms with E-state index in [0.717, 1.165) is 17.8 Å². The Balaban J connectivity index is 1.48. The quantitative estimate of drug-likeness (QED) is 0.220. The zero-order valence-corrected chi connectivity index (χ0v) is 23.4. The molecule has 10 heteroatoms. The molecule has 206 valence electrons. The summed E-state index contributed by atoms with van der Waals surface area (Å²) in [5, 5.41) is 9.38. The molecule has 3 rings (SSSR count). The average Bonchev–Trinajstić information content (AvgIpc) is 3.38. The molecule has 2 amide bonds.